The Hall–Kier alpha value is -3.08. The Morgan fingerprint density at radius 1 is 1.12 bits per heavy atom. The number of amides is 2. The van der Waals surface area contributed by atoms with Crippen LogP contribution in [0.2, 0.25) is 0 Å². The van der Waals surface area contributed by atoms with Crippen LogP contribution in [-0.2, 0) is 4.74 Å². The van der Waals surface area contributed by atoms with Gasteiger partial charge in [0.1, 0.15) is 5.76 Å². The van der Waals surface area contributed by atoms with Gasteiger partial charge in [-0.05, 0) is 29.8 Å². The first-order chi connectivity index (χ1) is 11.5. The van der Waals surface area contributed by atoms with Crippen LogP contribution < -0.4 is 4.90 Å². The van der Waals surface area contributed by atoms with Crippen molar-refractivity contribution < 1.29 is 14.3 Å². The van der Waals surface area contributed by atoms with Crippen LogP contribution in [0.25, 0.3) is 11.8 Å². The van der Waals surface area contributed by atoms with Gasteiger partial charge in [-0.1, -0.05) is 30.3 Å². The zero-order valence-corrected chi connectivity index (χ0v) is 13.8. The highest BCUT2D eigenvalue weighted by atomic mass is 16.6. The molecular weight excluding hydrogens is 304 g/mol. The monoisotopic (exact) mass is 322 g/mol. The maximum atomic E-state index is 12.2. The fourth-order valence-electron chi connectivity index (χ4n) is 2.53. The second-order valence-electron chi connectivity index (χ2n) is 5.78. The summed E-state index contributed by atoms with van der Waals surface area (Å²) in [5.41, 5.74) is 2.89. The van der Waals surface area contributed by atoms with E-state index in [1.807, 2.05) is 42.5 Å². The number of cyclic esters (lactones) is 1. The molecule has 3 rings (SSSR count). The number of ether oxygens (including phenoxy) is 1. The number of hydrogen-bond donors (Lipinski definition) is 0. The lowest BCUT2D eigenvalue weighted by Gasteiger charge is -2.27. The summed E-state index contributed by atoms with van der Waals surface area (Å²) < 4.78 is 5.43. The Labute approximate surface area is 140 Å². The van der Waals surface area contributed by atoms with Crippen molar-refractivity contribution in [3.05, 3.63) is 65.2 Å². The summed E-state index contributed by atoms with van der Waals surface area (Å²) in [6, 6.07) is 14.9. The minimum atomic E-state index is -0.473. The lowest BCUT2D eigenvalue weighted by atomic mass is 10.0. The summed E-state index contributed by atoms with van der Waals surface area (Å²) in [7, 11) is 5.02. The molecule has 0 N–H and O–H groups in total. The normalized spacial score (nSPS) is 15.0. The quantitative estimate of drug-likeness (QED) is 0.850. The molecule has 0 atom stereocenters. The van der Waals surface area contributed by atoms with Crippen molar-refractivity contribution in [1.29, 1.82) is 0 Å². The molecule has 5 nitrogen and oxygen atoms in total. The SMILES string of the molecule is CN(C)C(=O)c1ccc2c(c1)N(C)C(=O)O/C2=C\c1ccccc1. The number of carbonyl (C=O) groups is 2. The molecule has 0 saturated heterocycles. The van der Waals surface area contributed by atoms with E-state index in [9.17, 15) is 9.59 Å². The average molecular weight is 322 g/mol. The highest BCUT2D eigenvalue weighted by Crippen LogP contribution is 2.35. The summed E-state index contributed by atoms with van der Waals surface area (Å²) >= 11 is 0. The smallest absolute Gasteiger partial charge is 0.409 e. The predicted molar refractivity (Wildman–Crippen MR) is 93.7 cm³/mol. The first-order valence-corrected chi connectivity index (χ1v) is 7.56. The number of benzene rings is 2. The van der Waals surface area contributed by atoms with Crippen LogP contribution >= 0.6 is 0 Å². The van der Waals surface area contributed by atoms with E-state index in [4.69, 9.17) is 4.74 Å². The number of nitrogens with zero attached hydrogens (tertiary/aromatic N) is 2. The second-order valence-corrected chi connectivity index (χ2v) is 5.78. The molecule has 0 bridgehead atoms. The number of carbonyl (C=O) groups excluding carboxylic acids is 2. The van der Waals surface area contributed by atoms with Crippen LogP contribution in [0.5, 0.6) is 0 Å². The van der Waals surface area contributed by atoms with Gasteiger partial charge in [0.15, 0.2) is 0 Å². The summed E-state index contributed by atoms with van der Waals surface area (Å²) in [5.74, 6) is 0.363. The standard InChI is InChI=1S/C19H18N2O3/c1-20(2)18(22)14-9-10-15-16(12-14)21(3)19(23)24-17(15)11-13-7-5-4-6-8-13/h4-12H,1-3H3/b17-11-. The topological polar surface area (TPSA) is 49.9 Å². The molecule has 2 aromatic rings. The third kappa shape index (κ3) is 2.88. The molecule has 1 aliphatic rings. The molecule has 0 saturated carbocycles. The fourth-order valence-corrected chi connectivity index (χ4v) is 2.53. The molecule has 122 valence electrons. The van der Waals surface area contributed by atoms with Crippen molar-refractivity contribution >= 4 is 29.5 Å². The summed E-state index contributed by atoms with van der Waals surface area (Å²) in [5, 5.41) is 0. The third-order valence-electron chi connectivity index (χ3n) is 3.85. The molecule has 2 aromatic carbocycles. The van der Waals surface area contributed by atoms with Crippen LogP contribution in [0.1, 0.15) is 21.5 Å². The van der Waals surface area contributed by atoms with E-state index in [0.717, 1.165) is 11.1 Å². The second kappa shape index (κ2) is 6.20. The Balaban J connectivity index is 2.09. The number of rotatable bonds is 2. The largest absolute Gasteiger partial charge is 0.419 e. The van der Waals surface area contributed by atoms with Crippen molar-refractivity contribution in [1.82, 2.24) is 4.90 Å². The van der Waals surface area contributed by atoms with Gasteiger partial charge in [-0.15, -0.1) is 0 Å². The van der Waals surface area contributed by atoms with Gasteiger partial charge in [0, 0.05) is 32.3 Å². The van der Waals surface area contributed by atoms with Crippen molar-refractivity contribution in [2.45, 2.75) is 0 Å². The molecule has 1 heterocycles. The van der Waals surface area contributed by atoms with Gasteiger partial charge >= 0.3 is 6.09 Å². The summed E-state index contributed by atoms with van der Waals surface area (Å²) in [6.07, 6.45) is 1.34. The van der Waals surface area contributed by atoms with Crippen LogP contribution in [0, 0.1) is 0 Å². The number of anilines is 1. The Kier molecular flexibility index (Phi) is 4.08. The van der Waals surface area contributed by atoms with Gasteiger partial charge < -0.3 is 9.64 Å². The van der Waals surface area contributed by atoms with Crippen molar-refractivity contribution in [2.24, 2.45) is 0 Å². The predicted octanol–water partition coefficient (Wildman–Crippen LogP) is 3.47. The summed E-state index contributed by atoms with van der Waals surface area (Å²) in [6.45, 7) is 0. The van der Waals surface area contributed by atoms with Gasteiger partial charge in [-0.3, -0.25) is 9.69 Å². The van der Waals surface area contributed by atoms with E-state index >= 15 is 0 Å². The van der Waals surface area contributed by atoms with Gasteiger partial charge in [-0.2, -0.15) is 0 Å². The van der Waals surface area contributed by atoms with Crippen LogP contribution in [-0.4, -0.2) is 38.0 Å². The van der Waals surface area contributed by atoms with Gasteiger partial charge in [0.25, 0.3) is 5.91 Å². The molecule has 2 amide bonds. The van der Waals surface area contributed by atoms with E-state index in [0.29, 0.717) is 17.0 Å². The molecule has 0 spiro atoms. The van der Waals surface area contributed by atoms with Gasteiger partial charge in [0.05, 0.1) is 5.69 Å². The number of fused-ring (bicyclic) bond motifs is 1. The molecule has 24 heavy (non-hydrogen) atoms. The van der Waals surface area contributed by atoms with Crippen LogP contribution in [0.15, 0.2) is 48.5 Å². The maximum absolute atomic E-state index is 12.2. The van der Waals surface area contributed by atoms with Crippen LogP contribution in [0.4, 0.5) is 10.5 Å². The fraction of sp³-hybridized carbons (Fsp3) is 0.158. The third-order valence-corrected chi connectivity index (χ3v) is 3.85. The Morgan fingerprint density at radius 3 is 2.50 bits per heavy atom. The van der Waals surface area contributed by atoms with Crippen molar-refractivity contribution in [3.63, 3.8) is 0 Å². The highest BCUT2D eigenvalue weighted by Gasteiger charge is 2.27. The zero-order valence-electron chi connectivity index (χ0n) is 13.8. The van der Waals surface area contributed by atoms with E-state index in [1.165, 1.54) is 9.80 Å². The van der Waals surface area contributed by atoms with Crippen LogP contribution in [0.3, 0.4) is 0 Å². The minimum Gasteiger partial charge on any atom is -0.409 e. The molecule has 5 heteroatoms. The van der Waals surface area contributed by atoms with E-state index in [-0.39, 0.29) is 5.91 Å². The molecule has 0 aromatic heterocycles. The Bertz CT molecular complexity index is 826. The lowest BCUT2D eigenvalue weighted by molar-refractivity contribution is 0.0827. The molecule has 0 fully saturated rings. The summed E-state index contributed by atoms with van der Waals surface area (Å²) in [4.78, 5) is 27.2. The number of hydrogen-bond acceptors (Lipinski definition) is 3. The average Bonchev–Trinajstić information content (AvgIpc) is 2.59. The first-order valence-electron chi connectivity index (χ1n) is 7.56. The van der Waals surface area contributed by atoms with Gasteiger partial charge in [-0.25, -0.2) is 4.79 Å². The maximum Gasteiger partial charge on any atom is 0.419 e. The van der Waals surface area contributed by atoms with Crippen molar-refractivity contribution in [2.75, 3.05) is 26.0 Å². The van der Waals surface area contributed by atoms with E-state index in [1.54, 1.807) is 33.3 Å². The van der Waals surface area contributed by atoms with Crippen molar-refractivity contribution in [3.8, 4) is 0 Å². The van der Waals surface area contributed by atoms with Gasteiger partial charge in [0.2, 0.25) is 0 Å². The zero-order chi connectivity index (χ0) is 17.3. The minimum absolute atomic E-state index is 0.112. The molecule has 0 radical (unpaired) electrons. The molecule has 0 aliphatic carbocycles. The molecule has 1 aliphatic heterocycles. The first kappa shape index (κ1) is 15.8. The molecule has 0 unspecified atom stereocenters. The molecular formula is C19H18N2O3. The highest BCUT2D eigenvalue weighted by molar-refractivity contribution is 6.04. The van der Waals surface area contributed by atoms with E-state index < -0.39 is 6.09 Å². The lowest BCUT2D eigenvalue weighted by Crippen LogP contribution is -2.32. The van der Waals surface area contributed by atoms with E-state index in [2.05, 4.69) is 0 Å². The Morgan fingerprint density at radius 2 is 1.83 bits per heavy atom.